The topological polar surface area (TPSA) is 349 Å². The number of rotatable bonds is 19. The maximum atomic E-state index is 10.9. The van der Waals surface area contributed by atoms with Crippen LogP contribution in [0.1, 0.15) is 208 Å². The molecule has 0 bridgehead atoms. The van der Waals surface area contributed by atoms with Crippen molar-refractivity contribution in [1.29, 1.82) is 0 Å². The van der Waals surface area contributed by atoms with Crippen LogP contribution in [-0.4, -0.2) is 108 Å². The van der Waals surface area contributed by atoms with E-state index in [1.807, 2.05) is 196 Å². The number of aliphatic imine (C=N–C) groups is 1. The van der Waals surface area contributed by atoms with Gasteiger partial charge in [-0.2, -0.15) is 5.11 Å². The molecule has 9 aromatic carbocycles. The van der Waals surface area contributed by atoms with Crippen molar-refractivity contribution in [2.24, 2.45) is 43.3 Å². The Bertz CT molecular complexity index is 5320. The Morgan fingerprint density at radius 1 is 0.520 bits per heavy atom. The molecule has 13 N–H and O–H groups in total. The van der Waals surface area contributed by atoms with Crippen molar-refractivity contribution in [3.63, 3.8) is 0 Å². The van der Waals surface area contributed by atoms with E-state index in [4.69, 9.17) is 74.0 Å². The number of hydrogen-bond acceptors (Lipinski definition) is 18. The molecule has 1 heterocycles. The molecule has 0 radical (unpaired) electrons. The Labute approximate surface area is 778 Å². The number of primary amides is 1. The fourth-order valence-corrected chi connectivity index (χ4v) is 15.4. The van der Waals surface area contributed by atoms with Crippen molar-refractivity contribution in [2.75, 3.05) is 25.6 Å². The molecule has 4 atom stereocenters. The Morgan fingerprint density at radius 3 is 1.33 bits per heavy atom. The quantitative estimate of drug-likeness (QED) is 0.00710. The standard InChI is InChI=1S/C23H28N4O2.C15H22OSi.C12H14O.C11H14BrNO.C11H14N4O.C11H15NO2.C10H13IO.C10H15NO/c1-14(2)29-20-7-6-17(10-15(20)3)21-25-22(27-26-21)18-5-4-16-8-9-23(24,13-28)12-19(16)11-18;1-12(2)16-15-8-7-14(11-13(15)3)9-10-17(4,5)6;1-5-11-6-7-12(10(4)8-11)13-9(2)3;12-10-2-1-8-3-4-11(13,7-14)6-9(8)5-10;12-11(7-16)4-3-8-1-2-10(14-15-13)5-9(8)6-11;1-7(2)14-10-5-4-9(11(12)13)6-8(10)3;2*1-7(2)12-10-5-4-9(11)6-8(10)3/h4-7,10-11,14,22,28H,8-9,12-13,24H2,1-3H3;7-8,11-12H,1-6H3;1,6-9H,2-4H3;1-2,5,14H,3-4,6-7,13H2;1-2,5,16H,3-4,6-7,12H2;4-7H,1-3H3,(H2,12,13);4-7H,1-3H3;4-7H,11H2,1-3H3. The Hall–Kier alpha value is -10.1. The molecule has 127 heavy (non-hydrogen) atoms. The van der Waals surface area contributed by atoms with Gasteiger partial charge in [0.25, 0.3) is 0 Å². The zero-order valence-corrected chi connectivity index (χ0v) is 83.0. The minimum atomic E-state index is -1.29. The number of carbonyl (C=O) groups excluding carboxylic acids is 1. The van der Waals surface area contributed by atoms with Crippen molar-refractivity contribution in [3.05, 3.63) is 277 Å². The number of fused-ring (bicyclic) bond motifs is 3. The fourth-order valence-electron chi connectivity index (χ4n) is 13.8. The molecule has 4 unspecified atom stereocenters. The van der Waals surface area contributed by atoms with Gasteiger partial charge in [0.2, 0.25) is 5.91 Å². The van der Waals surface area contributed by atoms with Gasteiger partial charge in [-0.15, -0.1) is 17.1 Å². The highest BCUT2D eigenvalue weighted by Gasteiger charge is 2.33. The van der Waals surface area contributed by atoms with E-state index >= 15 is 0 Å². The summed E-state index contributed by atoms with van der Waals surface area (Å²) in [5.74, 6) is 11.5. The third kappa shape index (κ3) is 35.8. The number of amidine groups is 1. The number of aliphatic hydroxyl groups is 3. The number of azo groups is 1. The van der Waals surface area contributed by atoms with E-state index in [-0.39, 0.29) is 62.6 Å². The first-order valence-electron chi connectivity index (χ1n) is 43.4. The van der Waals surface area contributed by atoms with Crippen LogP contribution in [0.3, 0.4) is 0 Å². The van der Waals surface area contributed by atoms with Gasteiger partial charge < -0.3 is 72.4 Å². The summed E-state index contributed by atoms with van der Waals surface area (Å²) in [5, 5.41) is 40.3. The summed E-state index contributed by atoms with van der Waals surface area (Å²) in [7, 11) is -1.29. The summed E-state index contributed by atoms with van der Waals surface area (Å²) < 4.78 is 36.1. The normalized spacial score (nSPS) is 16.7. The summed E-state index contributed by atoms with van der Waals surface area (Å²) in [6.45, 7) is 43.0. The molecule has 21 nitrogen and oxygen atoms in total. The highest BCUT2D eigenvalue weighted by molar-refractivity contribution is 14.1. The van der Waals surface area contributed by atoms with Gasteiger partial charge in [0.1, 0.15) is 42.6 Å². The molecule has 0 fully saturated rings. The second kappa shape index (κ2) is 50.0. The predicted molar refractivity (Wildman–Crippen MR) is 534 cm³/mol. The lowest BCUT2D eigenvalue weighted by Crippen LogP contribution is -2.48. The van der Waals surface area contributed by atoms with Crippen LogP contribution in [0.4, 0.5) is 11.4 Å². The molecular formula is C103H135BrIN11O10Si. The first kappa shape index (κ1) is 106. The highest BCUT2D eigenvalue weighted by atomic mass is 127. The van der Waals surface area contributed by atoms with E-state index in [2.05, 4.69) is 164 Å². The minimum absolute atomic E-state index is 0.00201. The first-order chi connectivity index (χ1) is 59.8. The van der Waals surface area contributed by atoms with Crippen LogP contribution < -0.4 is 57.1 Å². The second-order valence-corrected chi connectivity index (χ2v) is 42.5. The lowest BCUT2D eigenvalue weighted by molar-refractivity contribution is 0.1000. The SMILES string of the molecule is C#Cc1ccc(OC(C)C)c(C)c1.Cc1cc(C#C[Si](C)(C)C)ccc1OC(C)C.Cc1cc(C(N)=O)ccc1OC(C)C.Cc1cc(C2=NC(c3ccc4c(c3)CC(N)(CO)CC4)N=N2)ccc1OC(C)C.Cc1cc(I)ccc1OC(C)C.Cc1cc(N)ccc1OC(C)C.NC1(CO)CCc2ccc(Br)cc2C1.[N-]=[N+]=Nc1ccc2c(c1)CC(N)(CO)CC2. The summed E-state index contributed by atoms with van der Waals surface area (Å²) in [6.07, 6.45) is 13.4. The number of aliphatic hydroxyl groups excluding tert-OH is 3. The molecule has 1 aliphatic heterocycles. The van der Waals surface area contributed by atoms with Gasteiger partial charge in [0, 0.05) is 68.8 Å². The molecule has 24 heteroatoms. The van der Waals surface area contributed by atoms with Crippen molar-refractivity contribution in [3.8, 4) is 58.3 Å². The summed E-state index contributed by atoms with van der Waals surface area (Å²) in [4.78, 5) is 18.4. The lowest BCUT2D eigenvalue weighted by Gasteiger charge is -2.33. The van der Waals surface area contributed by atoms with Gasteiger partial charge in [0.15, 0.2) is 12.0 Å². The molecular weight excluding hydrogens is 1790 g/mol. The maximum absolute atomic E-state index is 10.9. The summed E-state index contributed by atoms with van der Waals surface area (Å²) in [5.41, 5.74) is 59.2. The number of terminal acetylenes is 1. The van der Waals surface area contributed by atoms with Crippen molar-refractivity contribution < 1.29 is 48.5 Å². The molecule has 13 rings (SSSR count). The predicted octanol–water partition coefficient (Wildman–Crippen LogP) is 21.7. The van der Waals surface area contributed by atoms with E-state index in [1.165, 1.54) is 37.0 Å². The van der Waals surface area contributed by atoms with Gasteiger partial charge in [-0.3, -0.25) is 4.79 Å². The van der Waals surface area contributed by atoms with Gasteiger partial charge in [-0.1, -0.05) is 88.9 Å². The van der Waals surface area contributed by atoms with Crippen molar-refractivity contribution >= 4 is 69.7 Å². The number of carbonyl (C=O) groups is 1. The van der Waals surface area contributed by atoms with Crippen LogP contribution in [0.2, 0.25) is 19.6 Å². The van der Waals surface area contributed by atoms with Crippen LogP contribution in [0.25, 0.3) is 10.4 Å². The zero-order valence-electron chi connectivity index (χ0n) is 78.2. The van der Waals surface area contributed by atoms with Crippen LogP contribution in [-0.2, 0) is 38.5 Å². The number of benzene rings is 9. The molecule has 1 amide bonds. The Kier molecular flexibility index (Phi) is 41.7. The molecule has 9 aromatic rings. The number of nitrogens with zero attached hydrogens (tertiary/aromatic N) is 6. The van der Waals surface area contributed by atoms with Crippen molar-refractivity contribution in [2.45, 2.75) is 261 Å². The number of nitrogen functional groups attached to an aromatic ring is 1. The molecule has 0 saturated carbocycles. The number of aryl methyl sites for hydroxylation is 9. The van der Waals surface area contributed by atoms with Crippen LogP contribution >= 0.6 is 38.5 Å². The average Bonchev–Trinajstić information content (AvgIpc) is 1.77. The second-order valence-electron chi connectivity index (χ2n) is 35.6. The van der Waals surface area contributed by atoms with E-state index in [0.717, 1.165) is 145 Å². The van der Waals surface area contributed by atoms with E-state index < -0.39 is 30.6 Å². The maximum Gasteiger partial charge on any atom is 0.248 e. The lowest BCUT2D eigenvalue weighted by atomic mass is 9.78. The van der Waals surface area contributed by atoms with Crippen LogP contribution in [0.15, 0.2) is 189 Å². The van der Waals surface area contributed by atoms with Crippen LogP contribution in [0.5, 0.6) is 34.5 Å². The number of azide groups is 1. The van der Waals surface area contributed by atoms with Crippen molar-refractivity contribution in [1.82, 2.24) is 0 Å². The van der Waals surface area contributed by atoms with E-state index in [0.29, 0.717) is 29.9 Å². The summed E-state index contributed by atoms with van der Waals surface area (Å²) >= 11 is 5.75. The largest absolute Gasteiger partial charge is 0.491 e. The molecule has 680 valence electrons. The Morgan fingerprint density at radius 2 is 0.913 bits per heavy atom. The fraction of sp³-hybridized carbons (Fsp3) is 0.417. The molecule has 3 aliphatic carbocycles. The number of hydrogen-bond donors (Lipinski definition) is 8. The van der Waals surface area contributed by atoms with Gasteiger partial charge in [-0.05, 0) is 405 Å². The van der Waals surface area contributed by atoms with E-state index in [1.54, 1.807) is 24.3 Å². The zero-order chi connectivity index (χ0) is 94.3. The van der Waals surface area contributed by atoms with Gasteiger partial charge in [-0.25, -0.2) is 4.99 Å². The first-order valence-corrected chi connectivity index (χ1v) is 48.7. The summed E-state index contributed by atoms with van der Waals surface area (Å²) in [6, 6.07) is 53.2. The number of ether oxygens (including phenoxy) is 6. The Balaban J connectivity index is 0.000000229. The van der Waals surface area contributed by atoms with Gasteiger partial charge >= 0.3 is 0 Å². The monoisotopic (exact) mass is 1920 g/mol. The molecule has 4 aliphatic rings. The molecule has 0 spiro atoms. The van der Waals surface area contributed by atoms with E-state index in [9.17, 15) is 20.1 Å². The number of amides is 1. The third-order valence-corrected chi connectivity index (χ3v) is 22.3. The minimum Gasteiger partial charge on any atom is -0.491 e. The molecule has 0 saturated heterocycles. The highest BCUT2D eigenvalue weighted by Crippen LogP contribution is 2.36. The average molecular weight is 1920 g/mol. The number of halogens is 2. The smallest absolute Gasteiger partial charge is 0.248 e. The number of nitrogens with two attached hydrogens (primary N) is 5. The third-order valence-electron chi connectivity index (χ3n) is 20.3. The van der Waals surface area contributed by atoms with Crippen LogP contribution in [0, 0.1) is 68.9 Å². The van der Waals surface area contributed by atoms with Gasteiger partial charge in [0.05, 0.1) is 56.4 Å². The molecule has 0 aromatic heterocycles. The number of anilines is 1.